The molecule has 0 bridgehead atoms. The molecule has 32 heavy (non-hydrogen) atoms. The van der Waals surface area contributed by atoms with Crippen LogP contribution < -0.4 is 14.8 Å². The molecule has 1 N–H and O–H groups in total. The second kappa shape index (κ2) is 9.34. The number of pyridine rings is 1. The van der Waals surface area contributed by atoms with E-state index in [9.17, 15) is 9.59 Å². The lowest BCUT2D eigenvalue weighted by Gasteiger charge is -2.17. The first-order valence-corrected chi connectivity index (χ1v) is 10.1. The van der Waals surface area contributed by atoms with E-state index in [1.807, 2.05) is 36.4 Å². The minimum absolute atomic E-state index is 0.0875. The Kier molecular flexibility index (Phi) is 6.17. The van der Waals surface area contributed by atoms with Gasteiger partial charge in [-0.25, -0.2) is 0 Å². The summed E-state index contributed by atoms with van der Waals surface area (Å²) >= 11 is 0. The van der Waals surface area contributed by atoms with Gasteiger partial charge in [-0.3, -0.25) is 19.5 Å². The quantitative estimate of drug-likeness (QED) is 0.594. The molecule has 0 saturated carbocycles. The van der Waals surface area contributed by atoms with Gasteiger partial charge in [-0.2, -0.15) is 0 Å². The van der Waals surface area contributed by atoms with Crippen molar-refractivity contribution in [1.82, 2.24) is 15.2 Å². The van der Waals surface area contributed by atoms with Gasteiger partial charge in [-0.05, 0) is 29.8 Å². The van der Waals surface area contributed by atoms with E-state index in [4.69, 9.17) is 9.47 Å². The summed E-state index contributed by atoms with van der Waals surface area (Å²) < 4.78 is 11.3. The predicted molar refractivity (Wildman–Crippen MR) is 120 cm³/mol. The molecular weight excluding hydrogens is 406 g/mol. The topological polar surface area (TPSA) is 80.8 Å². The highest BCUT2D eigenvalue weighted by molar-refractivity contribution is 6.10. The molecule has 162 valence electrons. The van der Waals surface area contributed by atoms with Crippen LogP contribution in [0, 0.1) is 0 Å². The van der Waals surface area contributed by atoms with Crippen molar-refractivity contribution in [2.75, 3.05) is 13.7 Å². The van der Waals surface area contributed by atoms with Crippen molar-refractivity contribution in [3.8, 4) is 11.5 Å². The third-order valence-corrected chi connectivity index (χ3v) is 5.18. The van der Waals surface area contributed by atoms with Crippen LogP contribution in [0.2, 0.25) is 0 Å². The van der Waals surface area contributed by atoms with Crippen molar-refractivity contribution in [3.05, 3.63) is 95.8 Å². The lowest BCUT2D eigenvalue weighted by molar-refractivity contribution is -0.121. The number of rotatable bonds is 8. The summed E-state index contributed by atoms with van der Waals surface area (Å²) in [6.45, 7) is 4.54. The smallest absolute Gasteiger partial charge is 0.259 e. The summed E-state index contributed by atoms with van der Waals surface area (Å²) in [6.07, 6.45) is 3.45. The summed E-state index contributed by atoms with van der Waals surface area (Å²) in [7, 11) is 1.57. The number of fused-ring (bicyclic) bond motifs is 1. The largest absolute Gasteiger partial charge is 0.493 e. The lowest BCUT2D eigenvalue weighted by Crippen LogP contribution is -2.36. The van der Waals surface area contributed by atoms with Crippen LogP contribution in [0.3, 0.4) is 0 Å². The Morgan fingerprint density at radius 1 is 1.06 bits per heavy atom. The van der Waals surface area contributed by atoms with E-state index >= 15 is 0 Å². The Hall–Kier alpha value is -4.13. The summed E-state index contributed by atoms with van der Waals surface area (Å²) in [6, 6.07) is 16.5. The normalized spacial score (nSPS) is 12.5. The predicted octanol–water partition coefficient (Wildman–Crippen LogP) is 3.41. The summed E-state index contributed by atoms with van der Waals surface area (Å²) in [5, 5.41) is 2.84. The van der Waals surface area contributed by atoms with Crippen LogP contribution in [0.15, 0.2) is 73.6 Å². The van der Waals surface area contributed by atoms with E-state index in [0.29, 0.717) is 35.9 Å². The summed E-state index contributed by atoms with van der Waals surface area (Å²) in [5.41, 5.74) is 3.66. The molecule has 1 aromatic heterocycles. The van der Waals surface area contributed by atoms with Crippen LogP contribution in [0.4, 0.5) is 0 Å². The number of aromatic nitrogens is 1. The van der Waals surface area contributed by atoms with Crippen LogP contribution in [-0.2, 0) is 17.9 Å². The fourth-order valence-corrected chi connectivity index (χ4v) is 3.49. The number of carbonyl (C=O) groups is 2. The third-order valence-electron chi connectivity index (χ3n) is 5.18. The number of hydrogen-bond acceptors (Lipinski definition) is 5. The second-order valence-corrected chi connectivity index (χ2v) is 7.30. The first kappa shape index (κ1) is 21.1. The van der Waals surface area contributed by atoms with E-state index in [-0.39, 0.29) is 18.4 Å². The molecule has 3 aromatic rings. The average Bonchev–Trinajstić information content (AvgIpc) is 3.07. The zero-order chi connectivity index (χ0) is 22.5. The maximum absolute atomic E-state index is 12.6. The Morgan fingerprint density at radius 3 is 2.59 bits per heavy atom. The lowest BCUT2D eigenvalue weighted by atomic mass is 10.1. The molecule has 0 fully saturated rings. The molecule has 0 aliphatic carbocycles. The maximum Gasteiger partial charge on any atom is 0.259 e. The molecule has 0 saturated heterocycles. The molecule has 7 nitrogen and oxygen atoms in total. The minimum atomic E-state index is -0.275. The van der Waals surface area contributed by atoms with Crippen molar-refractivity contribution in [1.29, 1.82) is 0 Å². The van der Waals surface area contributed by atoms with Crippen molar-refractivity contribution in [2.45, 2.75) is 13.2 Å². The average molecular weight is 429 g/mol. The Bertz CT molecular complexity index is 1130. The van der Waals surface area contributed by atoms with Gasteiger partial charge in [0.2, 0.25) is 5.91 Å². The van der Waals surface area contributed by atoms with Gasteiger partial charge >= 0.3 is 0 Å². The summed E-state index contributed by atoms with van der Waals surface area (Å²) in [5.74, 6) is 0.683. The van der Waals surface area contributed by atoms with E-state index in [1.54, 1.807) is 37.7 Å². The van der Waals surface area contributed by atoms with E-state index in [1.165, 1.54) is 4.90 Å². The second-order valence-electron chi connectivity index (χ2n) is 7.30. The highest BCUT2D eigenvalue weighted by atomic mass is 16.5. The van der Waals surface area contributed by atoms with Crippen LogP contribution >= 0.6 is 0 Å². The van der Waals surface area contributed by atoms with E-state index < -0.39 is 0 Å². The van der Waals surface area contributed by atoms with Crippen LogP contribution in [0.1, 0.15) is 27.0 Å². The van der Waals surface area contributed by atoms with Gasteiger partial charge in [0.1, 0.15) is 13.2 Å². The molecule has 1 aliphatic heterocycles. The molecular formula is C25H23N3O4. The van der Waals surface area contributed by atoms with Crippen molar-refractivity contribution < 1.29 is 19.1 Å². The third kappa shape index (κ3) is 4.46. The van der Waals surface area contributed by atoms with Crippen molar-refractivity contribution >= 4 is 17.5 Å². The van der Waals surface area contributed by atoms with Gasteiger partial charge in [-0.15, -0.1) is 0 Å². The highest BCUT2D eigenvalue weighted by Crippen LogP contribution is 2.31. The highest BCUT2D eigenvalue weighted by Gasteiger charge is 2.31. The minimum Gasteiger partial charge on any atom is -0.493 e. The monoisotopic (exact) mass is 429 g/mol. The molecule has 0 unspecified atom stereocenters. The number of methoxy groups -OCH3 is 1. The first-order chi connectivity index (χ1) is 15.6. The van der Waals surface area contributed by atoms with Gasteiger partial charge in [0.05, 0.1) is 7.11 Å². The maximum atomic E-state index is 12.6. The molecule has 1 aliphatic rings. The fourth-order valence-electron chi connectivity index (χ4n) is 3.49. The molecule has 0 spiro atoms. The van der Waals surface area contributed by atoms with E-state index in [0.717, 1.165) is 16.7 Å². The number of hydrogen-bond donors (Lipinski definition) is 1. The molecule has 2 aromatic carbocycles. The van der Waals surface area contributed by atoms with Gasteiger partial charge < -0.3 is 14.8 Å². The molecule has 4 rings (SSSR count). The van der Waals surface area contributed by atoms with Crippen molar-refractivity contribution in [3.63, 3.8) is 0 Å². The Balaban J connectivity index is 1.34. The summed E-state index contributed by atoms with van der Waals surface area (Å²) in [4.78, 5) is 30.5. The Morgan fingerprint density at radius 2 is 1.88 bits per heavy atom. The number of ether oxygens (including phenoxy) is 2. The standard InChI is InChI=1S/C25H23N3O4/c1-17-20-7-3-4-8-21(20)25(30)28(17)15-24(29)27-14-18-9-10-22(23(12-18)31-2)32-16-19-6-5-11-26-13-19/h3-13H,1,14-16H2,2H3,(H,27,29). The van der Waals surface area contributed by atoms with Crippen LogP contribution in [-0.4, -0.2) is 35.4 Å². The number of nitrogens with zero attached hydrogens (tertiary/aromatic N) is 2. The zero-order valence-electron chi connectivity index (χ0n) is 17.7. The SMILES string of the molecule is C=C1c2ccccc2C(=O)N1CC(=O)NCc1ccc(OCc2cccnc2)c(OC)c1. The van der Waals surface area contributed by atoms with E-state index in [2.05, 4.69) is 16.9 Å². The number of amides is 2. The Labute approximate surface area is 186 Å². The van der Waals surface area contributed by atoms with Gasteiger partial charge in [0, 0.05) is 41.3 Å². The number of benzene rings is 2. The van der Waals surface area contributed by atoms with Gasteiger partial charge in [-0.1, -0.05) is 36.9 Å². The molecule has 0 atom stereocenters. The molecule has 0 radical (unpaired) electrons. The number of carbonyl (C=O) groups excluding carboxylic acids is 2. The first-order valence-electron chi connectivity index (χ1n) is 10.1. The fraction of sp³-hybridized carbons (Fsp3) is 0.160. The molecule has 2 amide bonds. The zero-order valence-corrected chi connectivity index (χ0v) is 17.7. The van der Waals surface area contributed by atoms with Gasteiger partial charge in [0.15, 0.2) is 11.5 Å². The molecule has 2 heterocycles. The van der Waals surface area contributed by atoms with Crippen molar-refractivity contribution in [2.24, 2.45) is 0 Å². The van der Waals surface area contributed by atoms with Gasteiger partial charge in [0.25, 0.3) is 5.91 Å². The number of nitrogens with one attached hydrogen (secondary N) is 1. The van der Waals surface area contributed by atoms with Crippen LogP contribution in [0.25, 0.3) is 5.70 Å². The molecule has 7 heteroatoms. The van der Waals surface area contributed by atoms with Crippen LogP contribution in [0.5, 0.6) is 11.5 Å².